The second-order valence-electron chi connectivity index (χ2n) is 4.71. The zero-order valence-corrected chi connectivity index (χ0v) is 9.52. The zero-order chi connectivity index (χ0) is 9.52. The standard InChI is InChI=1S/C13H26/c1-3-5-6-7-8-9-13-11-10-12(13)4-2/h12-13H,3-11H2,1-2H3. The summed E-state index contributed by atoms with van der Waals surface area (Å²) in [6, 6.07) is 0. The molecule has 1 rings (SSSR count). The van der Waals surface area contributed by atoms with Crippen molar-refractivity contribution in [1.82, 2.24) is 0 Å². The van der Waals surface area contributed by atoms with Crippen molar-refractivity contribution in [2.75, 3.05) is 0 Å². The third-order valence-corrected chi connectivity index (χ3v) is 3.78. The molecule has 1 saturated carbocycles. The van der Waals surface area contributed by atoms with Crippen molar-refractivity contribution in [2.45, 2.75) is 71.6 Å². The van der Waals surface area contributed by atoms with Gasteiger partial charge in [-0.3, -0.25) is 0 Å². The third kappa shape index (κ3) is 3.70. The molecular formula is C13H26. The molecule has 0 heterocycles. The molecule has 0 bridgehead atoms. The van der Waals surface area contributed by atoms with E-state index in [-0.39, 0.29) is 0 Å². The number of hydrogen-bond donors (Lipinski definition) is 0. The first-order chi connectivity index (χ1) is 6.38. The first-order valence-electron chi connectivity index (χ1n) is 6.38. The lowest BCUT2D eigenvalue weighted by Crippen LogP contribution is -2.24. The number of rotatable bonds is 7. The highest BCUT2D eigenvalue weighted by Crippen LogP contribution is 2.39. The van der Waals surface area contributed by atoms with E-state index in [4.69, 9.17) is 0 Å². The molecule has 2 unspecified atom stereocenters. The van der Waals surface area contributed by atoms with E-state index in [1.165, 1.54) is 57.8 Å². The summed E-state index contributed by atoms with van der Waals surface area (Å²) in [5.41, 5.74) is 0. The quantitative estimate of drug-likeness (QED) is 0.497. The van der Waals surface area contributed by atoms with Gasteiger partial charge in [-0.25, -0.2) is 0 Å². The van der Waals surface area contributed by atoms with E-state index in [0.717, 1.165) is 11.8 Å². The van der Waals surface area contributed by atoms with Crippen LogP contribution in [0.5, 0.6) is 0 Å². The minimum absolute atomic E-state index is 1.10. The van der Waals surface area contributed by atoms with Crippen LogP contribution in [0, 0.1) is 11.8 Å². The van der Waals surface area contributed by atoms with Crippen molar-refractivity contribution in [3.8, 4) is 0 Å². The minimum Gasteiger partial charge on any atom is -0.0654 e. The van der Waals surface area contributed by atoms with Crippen molar-refractivity contribution >= 4 is 0 Å². The van der Waals surface area contributed by atoms with Crippen LogP contribution < -0.4 is 0 Å². The van der Waals surface area contributed by atoms with Gasteiger partial charge in [0.15, 0.2) is 0 Å². The molecule has 0 nitrogen and oxygen atoms in total. The number of hydrogen-bond acceptors (Lipinski definition) is 0. The fraction of sp³-hybridized carbons (Fsp3) is 1.00. The maximum atomic E-state index is 2.36. The van der Waals surface area contributed by atoms with Crippen LogP contribution in [-0.4, -0.2) is 0 Å². The summed E-state index contributed by atoms with van der Waals surface area (Å²) in [6.45, 7) is 4.65. The first-order valence-corrected chi connectivity index (χ1v) is 6.38. The average Bonchev–Trinajstić information content (AvgIpc) is 2.10. The lowest BCUT2D eigenvalue weighted by molar-refractivity contribution is 0.154. The van der Waals surface area contributed by atoms with Gasteiger partial charge in [-0.05, 0) is 24.7 Å². The van der Waals surface area contributed by atoms with Crippen LogP contribution in [0.3, 0.4) is 0 Å². The largest absolute Gasteiger partial charge is 0.0654 e. The fourth-order valence-corrected chi connectivity index (χ4v) is 2.57. The summed E-state index contributed by atoms with van der Waals surface area (Å²) in [7, 11) is 0. The van der Waals surface area contributed by atoms with Gasteiger partial charge in [0.05, 0.1) is 0 Å². The van der Waals surface area contributed by atoms with Gasteiger partial charge in [0.25, 0.3) is 0 Å². The molecule has 0 aromatic heterocycles. The van der Waals surface area contributed by atoms with Crippen LogP contribution in [0.15, 0.2) is 0 Å². The molecule has 0 aromatic carbocycles. The molecule has 0 amide bonds. The Morgan fingerprint density at radius 3 is 2.08 bits per heavy atom. The molecular weight excluding hydrogens is 156 g/mol. The van der Waals surface area contributed by atoms with Gasteiger partial charge >= 0.3 is 0 Å². The maximum Gasteiger partial charge on any atom is -0.0386 e. The van der Waals surface area contributed by atoms with Gasteiger partial charge in [0.2, 0.25) is 0 Å². The fourth-order valence-electron chi connectivity index (χ4n) is 2.57. The first kappa shape index (κ1) is 11.1. The summed E-state index contributed by atoms with van der Waals surface area (Å²) in [6.07, 6.45) is 13.3. The van der Waals surface area contributed by atoms with Crippen molar-refractivity contribution in [3.63, 3.8) is 0 Å². The molecule has 0 radical (unpaired) electrons. The highest BCUT2D eigenvalue weighted by atomic mass is 14.3. The molecule has 0 aliphatic heterocycles. The molecule has 0 N–H and O–H groups in total. The number of unbranched alkanes of at least 4 members (excludes halogenated alkanes) is 4. The van der Waals surface area contributed by atoms with Crippen LogP contribution in [0.4, 0.5) is 0 Å². The Morgan fingerprint density at radius 1 is 0.846 bits per heavy atom. The summed E-state index contributed by atoms with van der Waals surface area (Å²) in [5, 5.41) is 0. The van der Waals surface area contributed by atoms with Gasteiger partial charge in [0.1, 0.15) is 0 Å². The minimum atomic E-state index is 1.10. The van der Waals surface area contributed by atoms with E-state index < -0.39 is 0 Å². The zero-order valence-electron chi connectivity index (χ0n) is 9.52. The van der Waals surface area contributed by atoms with Crippen molar-refractivity contribution < 1.29 is 0 Å². The predicted molar refractivity (Wildman–Crippen MR) is 59.9 cm³/mol. The van der Waals surface area contributed by atoms with Crippen LogP contribution in [0.1, 0.15) is 71.6 Å². The van der Waals surface area contributed by atoms with Gasteiger partial charge in [-0.15, -0.1) is 0 Å². The summed E-state index contributed by atoms with van der Waals surface area (Å²) in [4.78, 5) is 0. The highest BCUT2D eigenvalue weighted by molar-refractivity contribution is 4.79. The monoisotopic (exact) mass is 182 g/mol. The smallest absolute Gasteiger partial charge is 0.0386 e. The van der Waals surface area contributed by atoms with Crippen molar-refractivity contribution in [3.05, 3.63) is 0 Å². The van der Waals surface area contributed by atoms with Crippen LogP contribution >= 0.6 is 0 Å². The highest BCUT2D eigenvalue weighted by Gasteiger charge is 2.27. The second kappa shape index (κ2) is 6.45. The Balaban J connectivity index is 1.88. The van der Waals surface area contributed by atoms with Gasteiger partial charge < -0.3 is 0 Å². The van der Waals surface area contributed by atoms with Gasteiger partial charge in [-0.2, -0.15) is 0 Å². The maximum absolute atomic E-state index is 2.36. The van der Waals surface area contributed by atoms with E-state index in [0.29, 0.717) is 0 Å². The van der Waals surface area contributed by atoms with Crippen molar-refractivity contribution in [2.24, 2.45) is 11.8 Å². The van der Waals surface area contributed by atoms with Crippen LogP contribution in [0.25, 0.3) is 0 Å². The molecule has 0 aromatic rings. The Labute approximate surface area is 84.1 Å². The molecule has 0 heteroatoms. The Morgan fingerprint density at radius 2 is 1.54 bits per heavy atom. The van der Waals surface area contributed by atoms with Crippen LogP contribution in [-0.2, 0) is 0 Å². The van der Waals surface area contributed by atoms with E-state index in [2.05, 4.69) is 13.8 Å². The van der Waals surface area contributed by atoms with Crippen LogP contribution in [0.2, 0.25) is 0 Å². The van der Waals surface area contributed by atoms with E-state index in [1.807, 2.05) is 0 Å². The molecule has 0 spiro atoms. The molecule has 2 atom stereocenters. The van der Waals surface area contributed by atoms with Gasteiger partial charge in [-0.1, -0.05) is 58.8 Å². The van der Waals surface area contributed by atoms with E-state index in [1.54, 1.807) is 0 Å². The third-order valence-electron chi connectivity index (χ3n) is 3.78. The molecule has 1 aliphatic carbocycles. The lowest BCUT2D eigenvalue weighted by Gasteiger charge is -2.36. The Kier molecular flexibility index (Phi) is 5.50. The summed E-state index contributed by atoms with van der Waals surface area (Å²) >= 11 is 0. The molecule has 0 saturated heterocycles. The average molecular weight is 182 g/mol. The Hall–Kier alpha value is 0. The van der Waals surface area contributed by atoms with E-state index in [9.17, 15) is 0 Å². The normalized spacial score (nSPS) is 27.2. The lowest BCUT2D eigenvalue weighted by atomic mass is 9.70. The molecule has 1 fully saturated rings. The molecule has 78 valence electrons. The summed E-state index contributed by atoms with van der Waals surface area (Å²) < 4.78 is 0. The van der Waals surface area contributed by atoms with Crippen molar-refractivity contribution in [1.29, 1.82) is 0 Å². The molecule has 1 aliphatic rings. The van der Waals surface area contributed by atoms with Gasteiger partial charge in [0, 0.05) is 0 Å². The predicted octanol–water partition coefficient (Wildman–Crippen LogP) is 4.78. The Bertz CT molecular complexity index is 115. The van der Waals surface area contributed by atoms with E-state index >= 15 is 0 Å². The topological polar surface area (TPSA) is 0 Å². The SMILES string of the molecule is CCCCCCCC1CCC1CC. The second-order valence-corrected chi connectivity index (χ2v) is 4.71. The summed E-state index contributed by atoms with van der Waals surface area (Å²) in [5.74, 6) is 2.22. The molecule has 13 heavy (non-hydrogen) atoms.